The van der Waals surface area contributed by atoms with Crippen molar-refractivity contribution in [3.8, 4) is 0 Å². The van der Waals surface area contributed by atoms with Crippen molar-refractivity contribution in [2.24, 2.45) is 5.73 Å². The van der Waals surface area contributed by atoms with E-state index in [2.05, 4.69) is 15.0 Å². The van der Waals surface area contributed by atoms with Crippen molar-refractivity contribution in [2.75, 3.05) is 18.4 Å². The number of anilines is 1. The van der Waals surface area contributed by atoms with Gasteiger partial charge in [0.2, 0.25) is 15.9 Å². The number of aromatic nitrogens is 1. The number of halogens is 1. The maximum Gasteiger partial charge on any atom is 0.242 e. The van der Waals surface area contributed by atoms with Crippen LogP contribution in [0.4, 0.5) is 5.82 Å². The minimum Gasteiger partial charge on any atom is -0.370 e. The van der Waals surface area contributed by atoms with Gasteiger partial charge < -0.3 is 11.1 Å². The van der Waals surface area contributed by atoms with Crippen LogP contribution in [0.15, 0.2) is 17.2 Å². The first kappa shape index (κ1) is 16.7. The topological polar surface area (TPSA) is 114 Å². The van der Waals surface area contributed by atoms with E-state index >= 15 is 0 Å². The summed E-state index contributed by atoms with van der Waals surface area (Å²) in [5, 5.41) is 3.20. The largest absolute Gasteiger partial charge is 0.370 e. The lowest BCUT2D eigenvalue weighted by atomic mass is 10.4. The molecular weight excluding hydrogens is 304 g/mol. The van der Waals surface area contributed by atoms with E-state index in [1.807, 2.05) is 6.92 Å². The van der Waals surface area contributed by atoms with Gasteiger partial charge in [-0.3, -0.25) is 4.79 Å². The zero-order valence-electron chi connectivity index (χ0n) is 11.0. The number of amides is 1. The molecule has 20 heavy (non-hydrogen) atoms. The summed E-state index contributed by atoms with van der Waals surface area (Å²) in [6.07, 6.45) is 2.03. The van der Waals surface area contributed by atoms with Crippen molar-refractivity contribution in [3.05, 3.63) is 17.3 Å². The molecule has 4 N–H and O–H groups in total. The third-order valence-electron chi connectivity index (χ3n) is 2.33. The minimum atomic E-state index is -3.75. The van der Waals surface area contributed by atoms with Crippen LogP contribution in [0.3, 0.4) is 0 Å². The van der Waals surface area contributed by atoms with Crippen LogP contribution in [0.2, 0.25) is 5.02 Å². The molecule has 1 aromatic heterocycles. The SMILES string of the molecule is CCCNc1ncc(S(=O)(=O)NCCC(N)=O)cc1Cl. The minimum absolute atomic E-state index is 0.0611. The van der Waals surface area contributed by atoms with Crippen molar-refractivity contribution in [1.82, 2.24) is 9.71 Å². The third-order valence-corrected chi connectivity index (χ3v) is 4.05. The van der Waals surface area contributed by atoms with Crippen LogP contribution < -0.4 is 15.8 Å². The molecule has 0 aliphatic heterocycles. The highest BCUT2D eigenvalue weighted by atomic mass is 35.5. The summed E-state index contributed by atoms with van der Waals surface area (Å²) in [6.45, 7) is 2.61. The van der Waals surface area contributed by atoms with E-state index in [0.717, 1.165) is 6.42 Å². The number of nitrogens with one attached hydrogen (secondary N) is 2. The van der Waals surface area contributed by atoms with E-state index in [0.29, 0.717) is 12.4 Å². The Hall–Kier alpha value is -1.38. The molecule has 7 nitrogen and oxygen atoms in total. The average molecular weight is 321 g/mol. The number of hydrogen-bond donors (Lipinski definition) is 3. The second kappa shape index (κ2) is 7.41. The summed E-state index contributed by atoms with van der Waals surface area (Å²) in [7, 11) is -3.75. The molecular formula is C11H17ClN4O3S. The van der Waals surface area contributed by atoms with E-state index in [9.17, 15) is 13.2 Å². The fraction of sp³-hybridized carbons (Fsp3) is 0.455. The predicted octanol–water partition coefficient (Wildman–Crippen LogP) is 0.711. The number of carbonyl (C=O) groups excluding carboxylic acids is 1. The van der Waals surface area contributed by atoms with Crippen LogP contribution in [-0.4, -0.2) is 32.4 Å². The first-order valence-corrected chi connectivity index (χ1v) is 7.90. The summed E-state index contributed by atoms with van der Waals surface area (Å²) in [4.78, 5) is 14.5. The number of nitrogens with two attached hydrogens (primary N) is 1. The normalized spacial score (nSPS) is 11.3. The predicted molar refractivity (Wildman–Crippen MR) is 77.0 cm³/mol. The summed E-state index contributed by atoms with van der Waals surface area (Å²) in [5.74, 6) is -0.146. The Morgan fingerprint density at radius 2 is 2.15 bits per heavy atom. The Morgan fingerprint density at radius 3 is 2.70 bits per heavy atom. The molecule has 0 fully saturated rings. The molecule has 0 spiro atoms. The lowest BCUT2D eigenvalue weighted by molar-refractivity contribution is -0.117. The molecule has 0 aliphatic rings. The smallest absolute Gasteiger partial charge is 0.242 e. The highest BCUT2D eigenvalue weighted by Crippen LogP contribution is 2.22. The molecule has 0 aliphatic carbocycles. The molecule has 1 aromatic rings. The molecule has 0 radical (unpaired) electrons. The van der Waals surface area contributed by atoms with Crippen molar-refractivity contribution in [3.63, 3.8) is 0 Å². The van der Waals surface area contributed by atoms with E-state index in [-0.39, 0.29) is 22.9 Å². The van der Waals surface area contributed by atoms with Gasteiger partial charge in [0.15, 0.2) is 0 Å². The van der Waals surface area contributed by atoms with E-state index in [4.69, 9.17) is 17.3 Å². The van der Waals surface area contributed by atoms with Gasteiger partial charge in [0, 0.05) is 25.7 Å². The van der Waals surface area contributed by atoms with Gasteiger partial charge in [0.05, 0.1) is 5.02 Å². The second-order valence-electron chi connectivity index (χ2n) is 4.04. The van der Waals surface area contributed by atoms with Crippen LogP contribution in [0.5, 0.6) is 0 Å². The lowest BCUT2D eigenvalue weighted by Gasteiger charge is -2.09. The first-order chi connectivity index (χ1) is 9.36. The molecule has 0 bridgehead atoms. The van der Waals surface area contributed by atoms with Crippen molar-refractivity contribution in [2.45, 2.75) is 24.7 Å². The number of primary amides is 1. The summed E-state index contributed by atoms with van der Waals surface area (Å²) in [6, 6.07) is 1.30. The quantitative estimate of drug-likeness (QED) is 0.652. The molecule has 112 valence electrons. The Labute approximate surface area is 123 Å². The van der Waals surface area contributed by atoms with Gasteiger partial charge in [-0.05, 0) is 12.5 Å². The number of nitrogens with zero attached hydrogens (tertiary/aromatic N) is 1. The summed E-state index contributed by atoms with van der Waals surface area (Å²) in [5.41, 5.74) is 4.94. The molecule has 9 heteroatoms. The number of carbonyl (C=O) groups is 1. The van der Waals surface area contributed by atoms with Crippen LogP contribution in [-0.2, 0) is 14.8 Å². The zero-order valence-corrected chi connectivity index (χ0v) is 12.6. The van der Waals surface area contributed by atoms with Gasteiger partial charge >= 0.3 is 0 Å². The van der Waals surface area contributed by atoms with Gasteiger partial charge in [-0.2, -0.15) is 0 Å². The van der Waals surface area contributed by atoms with Crippen molar-refractivity contribution >= 4 is 33.3 Å². The molecule has 0 saturated heterocycles. The highest BCUT2D eigenvalue weighted by Gasteiger charge is 2.16. The highest BCUT2D eigenvalue weighted by molar-refractivity contribution is 7.89. The van der Waals surface area contributed by atoms with Gasteiger partial charge in [-0.25, -0.2) is 18.1 Å². The van der Waals surface area contributed by atoms with Gasteiger partial charge in [-0.15, -0.1) is 0 Å². The molecule has 1 heterocycles. The maximum absolute atomic E-state index is 11.9. The summed E-state index contributed by atoms with van der Waals surface area (Å²) < 4.78 is 26.1. The molecule has 0 saturated carbocycles. The second-order valence-corrected chi connectivity index (χ2v) is 6.22. The van der Waals surface area contributed by atoms with Crippen molar-refractivity contribution < 1.29 is 13.2 Å². The van der Waals surface area contributed by atoms with E-state index in [1.54, 1.807) is 0 Å². The Balaban J connectivity index is 2.80. The molecule has 1 amide bonds. The Morgan fingerprint density at radius 1 is 1.45 bits per heavy atom. The monoisotopic (exact) mass is 320 g/mol. The van der Waals surface area contributed by atoms with Crippen LogP contribution in [0.1, 0.15) is 19.8 Å². The standard InChI is InChI=1S/C11H17ClN4O3S/c1-2-4-14-11-9(12)6-8(7-15-11)20(18,19)16-5-3-10(13)17/h6-7,16H,2-5H2,1H3,(H2,13,17)(H,14,15). The van der Waals surface area contributed by atoms with Crippen molar-refractivity contribution in [1.29, 1.82) is 0 Å². The Kier molecular flexibility index (Phi) is 6.18. The Bertz CT molecular complexity index is 577. The van der Waals surface area contributed by atoms with Gasteiger partial charge in [0.1, 0.15) is 10.7 Å². The fourth-order valence-electron chi connectivity index (χ4n) is 1.33. The average Bonchev–Trinajstić information content (AvgIpc) is 2.36. The summed E-state index contributed by atoms with van der Waals surface area (Å²) >= 11 is 5.96. The maximum atomic E-state index is 11.9. The number of sulfonamides is 1. The van der Waals surface area contributed by atoms with Gasteiger partial charge in [-0.1, -0.05) is 18.5 Å². The third kappa shape index (κ3) is 4.95. The van der Waals surface area contributed by atoms with Crippen LogP contribution >= 0.6 is 11.6 Å². The van der Waals surface area contributed by atoms with E-state index in [1.165, 1.54) is 12.3 Å². The number of pyridine rings is 1. The first-order valence-electron chi connectivity index (χ1n) is 6.04. The van der Waals surface area contributed by atoms with Crippen LogP contribution in [0.25, 0.3) is 0 Å². The fourth-order valence-corrected chi connectivity index (χ4v) is 2.63. The lowest BCUT2D eigenvalue weighted by Crippen LogP contribution is -2.28. The number of hydrogen-bond acceptors (Lipinski definition) is 5. The van der Waals surface area contributed by atoms with Crippen LogP contribution in [0, 0.1) is 0 Å². The molecule has 0 unspecified atom stereocenters. The van der Waals surface area contributed by atoms with Gasteiger partial charge in [0.25, 0.3) is 0 Å². The zero-order chi connectivity index (χ0) is 15.2. The van der Waals surface area contributed by atoms with E-state index < -0.39 is 15.9 Å². The molecule has 0 aromatic carbocycles. The molecule has 1 rings (SSSR count). The number of rotatable bonds is 8. The molecule has 0 atom stereocenters.